The minimum Gasteiger partial charge on any atom is -0.410 e. The summed E-state index contributed by atoms with van der Waals surface area (Å²) in [6, 6.07) is 16.8. The van der Waals surface area contributed by atoms with Crippen LogP contribution in [0.2, 0.25) is 0 Å². The van der Waals surface area contributed by atoms with Gasteiger partial charge in [0.2, 0.25) is 0 Å². The fourth-order valence-corrected chi connectivity index (χ4v) is 2.18. The van der Waals surface area contributed by atoms with Crippen molar-refractivity contribution in [2.45, 2.75) is 13.0 Å². The molecule has 1 amide bonds. The molecule has 0 spiro atoms. The third kappa shape index (κ3) is 3.95. The van der Waals surface area contributed by atoms with Crippen LogP contribution in [0.5, 0.6) is 5.75 Å². The van der Waals surface area contributed by atoms with Crippen molar-refractivity contribution in [1.82, 2.24) is 20.2 Å². The highest BCUT2D eigenvalue weighted by molar-refractivity contribution is 5.88. The van der Waals surface area contributed by atoms with Gasteiger partial charge in [0.15, 0.2) is 0 Å². The van der Waals surface area contributed by atoms with Gasteiger partial charge in [0.25, 0.3) is 0 Å². The number of amides is 1. The minimum absolute atomic E-state index is 0.428. The van der Waals surface area contributed by atoms with E-state index in [0.29, 0.717) is 12.3 Å². The Balaban J connectivity index is 1.56. The summed E-state index contributed by atoms with van der Waals surface area (Å²) in [5, 5.41) is 11.0. The van der Waals surface area contributed by atoms with Crippen molar-refractivity contribution in [2.75, 3.05) is 11.9 Å². The zero-order valence-corrected chi connectivity index (χ0v) is 13.2. The third-order valence-corrected chi connectivity index (χ3v) is 3.57. The lowest BCUT2D eigenvalue weighted by Crippen LogP contribution is -2.29. The van der Waals surface area contributed by atoms with Crippen LogP contribution in [0.3, 0.4) is 0 Å². The molecule has 0 atom stereocenters. The molecule has 7 nitrogen and oxygen atoms in total. The first-order chi connectivity index (χ1) is 11.7. The molecular formula is C17H17N5O2. The maximum absolute atomic E-state index is 12.2. The Morgan fingerprint density at radius 1 is 1.12 bits per heavy atom. The monoisotopic (exact) mass is 323 g/mol. The summed E-state index contributed by atoms with van der Waals surface area (Å²) in [4.78, 5) is 13.6. The zero-order chi connectivity index (χ0) is 16.8. The number of para-hydroxylation sites is 1. The summed E-state index contributed by atoms with van der Waals surface area (Å²) in [7, 11) is 1.68. The van der Waals surface area contributed by atoms with E-state index in [-0.39, 0.29) is 0 Å². The number of ether oxygens (including phenoxy) is 1. The van der Waals surface area contributed by atoms with Gasteiger partial charge in [0.05, 0.1) is 0 Å². The molecule has 0 aliphatic heterocycles. The molecule has 24 heavy (non-hydrogen) atoms. The average Bonchev–Trinajstić information content (AvgIpc) is 3.15. The molecule has 0 unspecified atom stereocenters. The summed E-state index contributed by atoms with van der Waals surface area (Å²) >= 11 is 0. The molecule has 0 aliphatic rings. The van der Waals surface area contributed by atoms with Crippen LogP contribution in [0, 0.1) is 0 Å². The van der Waals surface area contributed by atoms with Gasteiger partial charge in [0, 0.05) is 19.3 Å². The predicted molar refractivity (Wildman–Crippen MR) is 88.8 cm³/mol. The molecule has 0 bridgehead atoms. The van der Waals surface area contributed by atoms with Crippen molar-refractivity contribution in [1.29, 1.82) is 0 Å². The molecule has 0 fully saturated rings. The lowest BCUT2D eigenvalue weighted by molar-refractivity contribution is 0.209. The summed E-state index contributed by atoms with van der Waals surface area (Å²) in [6.07, 6.45) is 1.95. The highest BCUT2D eigenvalue weighted by Crippen LogP contribution is 2.17. The molecule has 2 aromatic carbocycles. The number of nitrogens with zero attached hydrogens (tertiary/aromatic N) is 5. The quantitative estimate of drug-likeness (QED) is 0.721. The molecule has 3 rings (SSSR count). The van der Waals surface area contributed by atoms with Crippen LogP contribution >= 0.6 is 0 Å². The first-order valence-electron chi connectivity index (χ1n) is 7.53. The molecule has 0 saturated heterocycles. The summed E-state index contributed by atoms with van der Waals surface area (Å²) in [6.45, 7) is 0.697. The molecular weight excluding hydrogens is 306 g/mol. The van der Waals surface area contributed by atoms with Crippen LogP contribution < -0.4 is 9.64 Å². The second-order valence-electron chi connectivity index (χ2n) is 5.23. The smallest absolute Gasteiger partial charge is 0.410 e. The molecule has 0 N–H and O–H groups in total. The number of benzene rings is 2. The van der Waals surface area contributed by atoms with Gasteiger partial charge in [-0.15, -0.1) is 5.10 Å². The van der Waals surface area contributed by atoms with E-state index in [4.69, 9.17) is 4.74 Å². The number of carbonyl (C=O) groups is 1. The number of rotatable bonds is 5. The Morgan fingerprint density at radius 2 is 1.88 bits per heavy atom. The highest BCUT2D eigenvalue weighted by Gasteiger charge is 2.12. The Labute approximate surface area is 139 Å². The number of hydrogen-bond acceptors (Lipinski definition) is 5. The van der Waals surface area contributed by atoms with Gasteiger partial charge < -0.3 is 4.74 Å². The van der Waals surface area contributed by atoms with Crippen LogP contribution in [0.1, 0.15) is 5.56 Å². The van der Waals surface area contributed by atoms with E-state index in [1.165, 1.54) is 4.90 Å². The molecule has 1 heterocycles. The number of aromatic nitrogens is 4. The second kappa shape index (κ2) is 7.36. The van der Waals surface area contributed by atoms with E-state index in [0.717, 1.165) is 17.7 Å². The third-order valence-electron chi connectivity index (χ3n) is 3.57. The maximum atomic E-state index is 12.2. The van der Waals surface area contributed by atoms with Gasteiger partial charge in [-0.2, -0.15) is 0 Å². The van der Waals surface area contributed by atoms with Crippen LogP contribution in [-0.2, 0) is 13.0 Å². The van der Waals surface area contributed by atoms with Gasteiger partial charge >= 0.3 is 6.09 Å². The van der Waals surface area contributed by atoms with Crippen molar-refractivity contribution in [3.8, 4) is 5.75 Å². The van der Waals surface area contributed by atoms with Gasteiger partial charge in [-0.05, 0) is 46.7 Å². The molecule has 122 valence electrons. The van der Waals surface area contributed by atoms with Crippen LogP contribution in [-0.4, -0.2) is 33.3 Å². The average molecular weight is 323 g/mol. The fraction of sp³-hybridized carbons (Fsp3) is 0.176. The molecule has 7 heteroatoms. The molecule has 0 aliphatic carbocycles. The first kappa shape index (κ1) is 15.7. The van der Waals surface area contributed by atoms with E-state index in [2.05, 4.69) is 15.5 Å². The minimum atomic E-state index is -0.428. The van der Waals surface area contributed by atoms with Gasteiger partial charge in [-0.1, -0.05) is 30.3 Å². The Hall–Kier alpha value is -3.22. The van der Waals surface area contributed by atoms with E-state index in [1.807, 2.05) is 42.5 Å². The molecule has 3 aromatic rings. The van der Waals surface area contributed by atoms with Crippen molar-refractivity contribution in [2.24, 2.45) is 0 Å². The number of hydrogen-bond donors (Lipinski definition) is 0. The van der Waals surface area contributed by atoms with Crippen LogP contribution in [0.4, 0.5) is 10.5 Å². The normalized spacial score (nSPS) is 10.4. The van der Waals surface area contributed by atoms with Crippen LogP contribution in [0.15, 0.2) is 60.9 Å². The Morgan fingerprint density at radius 3 is 2.54 bits per heavy atom. The highest BCUT2D eigenvalue weighted by atomic mass is 16.6. The summed E-state index contributed by atoms with van der Waals surface area (Å²) in [5.74, 6) is 0.508. The van der Waals surface area contributed by atoms with E-state index in [1.54, 1.807) is 30.2 Å². The van der Waals surface area contributed by atoms with E-state index >= 15 is 0 Å². The lowest BCUT2D eigenvalue weighted by atomic mass is 10.1. The lowest BCUT2D eigenvalue weighted by Gasteiger charge is -2.16. The van der Waals surface area contributed by atoms with Gasteiger partial charge in [-0.25, -0.2) is 9.48 Å². The number of carbonyl (C=O) groups excluding carboxylic acids is 1. The van der Waals surface area contributed by atoms with Crippen molar-refractivity contribution >= 4 is 11.8 Å². The Kier molecular flexibility index (Phi) is 4.81. The largest absolute Gasteiger partial charge is 0.419 e. The zero-order valence-electron chi connectivity index (χ0n) is 13.2. The van der Waals surface area contributed by atoms with Crippen molar-refractivity contribution in [3.63, 3.8) is 0 Å². The molecule has 1 aromatic heterocycles. The van der Waals surface area contributed by atoms with Crippen LogP contribution in [0.25, 0.3) is 0 Å². The van der Waals surface area contributed by atoms with Gasteiger partial charge in [-0.3, -0.25) is 4.90 Å². The standard InChI is InChI=1S/C17H17N5O2/c1-21(15-5-3-2-4-6-15)17(23)24-16-9-7-14(8-10-16)11-12-22-13-18-19-20-22/h2-10,13H,11-12H2,1H3. The molecule has 0 saturated carbocycles. The SMILES string of the molecule is CN(C(=O)Oc1ccc(CCn2cnnn2)cc1)c1ccccc1. The topological polar surface area (TPSA) is 73.1 Å². The number of tetrazole rings is 1. The Bertz CT molecular complexity index is 773. The van der Waals surface area contributed by atoms with E-state index in [9.17, 15) is 4.79 Å². The summed E-state index contributed by atoms with van der Waals surface area (Å²) < 4.78 is 7.05. The van der Waals surface area contributed by atoms with Crippen molar-refractivity contribution < 1.29 is 9.53 Å². The summed E-state index contributed by atoms with van der Waals surface area (Å²) in [5.41, 5.74) is 1.89. The number of aryl methyl sites for hydroxylation is 2. The molecule has 0 radical (unpaired) electrons. The van der Waals surface area contributed by atoms with Crippen molar-refractivity contribution in [3.05, 3.63) is 66.5 Å². The van der Waals surface area contributed by atoms with Gasteiger partial charge in [0.1, 0.15) is 12.1 Å². The number of anilines is 1. The van der Waals surface area contributed by atoms with E-state index < -0.39 is 6.09 Å². The predicted octanol–water partition coefficient (Wildman–Crippen LogP) is 2.55. The second-order valence-corrected chi connectivity index (χ2v) is 5.23. The fourth-order valence-electron chi connectivity index (χ4n) is 2.18. The maximum Gasteiger partial charge on any atom is 0.419 e. The first-order valence-corrected chi connectivity index (χ1v) is 7.53.